The summed E-state index contributed by atoms with van der Waals surface area (Å²) in [5.41, 5.74) is -0.446. The third kappa shape index (κ3) is 1.14. The van der Waals surface area contributed by atoms with E-state index in [2.05, 4.69) is 0 Å². The molecule has 17 heavy (non-hydrogen) atoms. The topological polar surface area (TPSA) is 54.5 Å². The first kappa shape index (κ1) is 12.9. The summed E-state index contributed by atoms with van der Waals surface area (Å²) in [6, 6.07) is -0.0466. The summed E-state index contributed by atoms with van der Waals surface area (Å²) in [6.45, 7) is 11.1. The maximum Gasteiger partial charge on any atom is 0.229 e. The zero-order valence-corrected chi connectivity index (χ0v) is 12.1. The molecule has 2 heterocycles. The molecular weight excluding hydrogens is 238 g/mol. The van der Waals surface area contributed by atoms with Crippen molar-refractivity contribution in [3.8, 4) is 0 Å². The van der Waals surface area contributed by atoms with Gasteiger partial charge in [-0.3, -0.25) is 4.79 Å². The van der Waals surface area contributed by atoms with Crippen LogP contribution in [0.25, 0.3) is 0 Å². The molecule has 2 aliphatic heterocycles. The average molecular weight is 259 g/mol. The minimum absolute atomic E-state index is 0.0327. The summed E-state index contributed by atoms with van der Waals surface area (Å²) in [7, 11) is -3.32. The van der Waals surface area contributed by atoms with Gasteiger partial charge in [-0.15, -0.1) is 0 Å². The molecule has 0 aromatic carbocycles. The highest BCUT2D eigenvalue weighted by atomic mass is 32.2. The summed E-state index contributed by atoms with van der Waals surface area (Å²) in [5, 5.41) is -0.618. The number of hydrogen-bond acceptors (Lipinski definition) is 3. The molecule has 0 aliphatic carbocycles. The second kappa shape index (κ2) is 3.05. The third-order valence-corrected chi connectivity index (χ3v) is 8.61. The molecule has 0 spiro atoms. The molecule has 0 N–H and O–H groups in total. The number of β-lactam (4-membered cyclic amide) rings is 1. The Bertz CT molecular complexity index is 478. The molecule has 3 unspecified atom stereocenters. The van der Waals surface area contributed by atoms with E-state index in [4.69, 9.17) is 0 Å². The summed E-state index contributed by atoms with van der Waals surface area (Å²) >= 11 is 0. The number of fused-ring (bicyclic) bond motifs is 1. The van der Waals surface area contributed by atoms with Crippen molar-refractivity contribution in [1.82, 2.24) is 4.90 Å². The number of nitrogens with zero attached hydrogens (tertiary/aromatic N) is 1. The van der Waals surface area contributed by atoms with Gasteiger partial charge in [-0.2, -0.15) is 0 Å². The van der Waals surface area contributed by atoms with Crippen LogP contribution in [0.1, 0.15) is 41.5 Å². The van der Waals surface area contributed by atoms with E-state index >= 15 is 0 Å². The molecule has 2 aliphatic rings. The van der Waals surface area contributed by atoms with Crippen LogP contribution < -0.4 is 0 Å². The monoisotopic (exact) mass is 259 g/mol. The van der Waals surface area contributed by atoms with E-state index in [9.17, 15) is 13.2 Å². The van der Waals surface area contributed by atoms with Crippen LogP contribution in [0.2, 0.25) is 0 Å². The number of carbonyl (C=O) groups is 1. The zero-order valence-electron chi connectivity index (χ0n) is 11.3. The van der Waals surface area contributed by atoms with E-state index < -0.39 is 31.3 Å². The summed E-state index contributed by atoms with van der Waals surface area (Å²) in [5.74, 6) is -0.424. The maximum absolute atomic E-state index is 12.6. The van der Waals surface area contributed by atoms with Gasteiger partial charge in [-0.1, -0.05) is 20.8 Å². The Kier molecular flexibility index (Phi) is 2.31. The number of sulfone groups is 1. The minimum Gasteiger partial charge on any atom is -0.321 e. The summed E-state index contributed by atoms with van der Waals surface area (Å²) < 4.78 is 24.4. The van der Waals surface area contributed by atoms with Crippen LogP contribution in [0.3, 0.4) is 0 Å². The van der Waals surface area contributed by atoms with Crippen LogP contribution in [0, 0.1) is 11.3 Å². The van der Waals surface area contributed by atoms with Gasteiger partial charge in [-0.05, 0) is 20.8 Å². The molecule has 0 saturated carbocycles. The van der Waals surface area contributed by atoms with Gasteiger partial charge in [0.1, 0.15) is 5.37 Å². The normalized spacial score (nSPS) is 41.6. The number of carbonyl (C=O) groups excluding carboxylic acids is 1. The van der Waals surface area contributed by atoms with Crippen molar-refractivity contribution in [2.75, 3.05) is 0 Å². The minimum atomic E-state index is -3.32. The largest absolute Gasteiger partial charge is 0.321 e. The van der Waals surface area contributed by atoms with Crippen molar-refractivity contribution in [3.63, 3.8) is 0 Å². The van der Waals surface area contributed by atoms with Crippen LogP contribution in [0.15, 0.2) is 0 Å². The predicted molar refractivity (Wildman–Crippen MR) is 66.0 cm³/mol. The first-order valence-corrected chi connectivity index (χ1v) is 7.58. The second-order valence-electron chi connectivity index (χ2n) is 6.38. The van der Waals surface area contributed by atoms with E-state index in [0.29, 0.717) is 0 Å². The zero-order chi connectivity index (χ0) is 13.4. The van der Waals surface area contributed by atoms with Crippen molar-refractivity contribution in [1.29, 1.82) is 0 Å². The van der Waals surface area contributed by atoms with E-state index in [-0.39, 0.29) is 11.9 Å². The van der Waals surface area contributed by atoms with Gasteiger partial charge in [0.25, 0.3) is 0 Å². The third-order valence-electron chi connectivity index (χ3n) is 5.39. The Morgan fingerprint density at radius 3 is 2.06 bits per heavy atom. The summed E-state index contributed by atoms with van der Waals surface area (Å²) in [6.07, 6.45) is 0. The Balaban J connectivity index is 2.62. The molecule has 0 aromatic heterocycles. The highest BCUT2D eigenvalue weighted by Gasteiger charge is 2.68. The molecule has 2 rings (SSSR count). The fourth-order valence-corrected chi connectivity index (χ4v) is 5.74. The maximum atomic E-state index is 12.6. The van der Waals surface area contributed by atoms with Crippen LogP contribution in [0.4, 0.5) is 0 Å². The molecule has 0 aromatic rings. The Morgan fingerprint density at radius 2 is 1.59 bits per heavy atom. The molecular formula is C12H21NO3S. The van der Waals surface area contributed by atoms with Gasteiger partial charge >= 0.3 is 0 Å². The van der Waals surface area contributed by atoms with E-state index in [1.165, 1.54) is 0 Å². The van der Waals surface area contributed by atoms with Gasteiger partial charge < -0.3 is 4.90 Å². The van der Waals surface area contributed by atoms with Crippen molar-refractivity contribution < 1.29 is 13.2 Å². The fourth-order valence-electron chi connectivity index (χ4n) is 2.99. The van der Waals surface area contributed by atoms with Crippen LogP contribution in [-0.4, -0.2) is 35.4 Å². The number of rotatable bonds is 0. The van der Waals surface area contributed by atoms with E-state index in [0.717, 1.165) is 0 Å². The molecule has 5 heteroatoms. The van der Waals surface area contributed by atoms with E-state index in [1.54, 1.807) is 25.7 Å². The Labute approximate surface area is 103 Å². The molecule has 3 atom stereocenters. The lowest BCUT2D eigenvalue weighted by atomic mass is 9.72. The SMILES string of the molecule is CC1C(=O)N2C(C)C(C)(C)C(C)(C)S(=O)(=O)C12. The van der Waals surface area contributed by atoms with Crippen molar-refractivity contribution in [2.24, 2.45) is 11.3 Å². The first-order chi connectivity index (χ1) is 7.48. The molecule has 98 valence electrons. The van der Waals surface area contributed by atoms with Crippen LogP contribution in [-0.2, 0) is 14.6 Å². The molecule has 2 saturated heterocycles. The lowest BCUT2D eigenvalue weighted by Crippen LogP contribution is -2.77. The average Bonchev–Trinajstić information content (AvgIpc) is 2.20. The lowest BCUT2D eigenvalue weighted by Gasteiger charge is -2.62. The van der Waals surface area contributed by atoms with Crippen molar-refractivity contribution in [2.45, 2.75) is 57.7 Å². The first-order valence-electron chi connectivity index (χ1n) is 6.03. The van der Waals surface area contributed by atoms with E-state index in [1.807, 2.05) is 20.8 Å². The summed E-state index contributed by atoms with van der Waals surface area (Å²) in [4.78, 5) is 13.4. The van der Waals surface area contributed by atoms with Crippen LogP contribution in [0.5, 0.6) is 0 Å². The predicted octanol–water partition coefficient (Wildman–Crippen LogP) is 1.41. The second-order valence-corrected chi connectivity index (χ2v) is 8.97. The van der Waals surface area contributed by atoms with Crippen molar-refractivity contribution in [3.05, 3.63) is 0 Å². The Hall–Kier alpha value is -0.580. The molecule has 4 nitrogen and oxygen atoms in total. The van der Waals surface area contributed by atoms with Crippen LogP contribution >= 0.6 is 0 Å². The standard InChI is InChI=1S/C12H21NO3S/c1-7-9(14)13-8(2)11(3,4)12(5,6)17(15,16)10(7)13/h7-8,10H,1-6H3. The van der Waals surface area contributed by atoms with Gasteiger partial charge in [0.05, 0.1) is 10.7 Å². The molecule has 0 bridgehead atoms. The van der Waals surface area contributed by atoms with Gasteiger partial charge in [-0.25, -0.2) is 8.42 Å². The van der Waals surface area contributed by atoms with Gasteiger partial charge in [0, 0.05) is 11.5 Å². The quantitative estimate of drug-likeness (QED) is 0.618. The smallest absolute Gasteiger partial charge is 0.229 e. The molecule has 0 radical (unpaired) electrons. The highest BCUT2D eigenvalue weighted by molar-refractivity contribution is 7.93. The fraction of sp³-hybridized carbons (Fsp3) is 0.917. The molecule has 1 amide bonds. The molecule has 2 fully saturated rings. The van der Waals surface area contributed by atoms with Gasteiger partial charge in [0.2, 0.25) is 5.91 Å². The Morgan fingerprint density at radius 1 is 1.12 bits per heavy atom. The number of amides is 1. The van der Waals surface area contributed by atoms with Crippen molar-refractivity contribution >= 4 is 15.7 Å². The lowest BCUT2D eigenvalue weighted by molar-refractivity contribution is -0.160. The van der Waals surface area contributed by atoms with Gasteiger partial charge in [0.15, 0.2) is 9.84 Å². The highest BCUT2D eigenvalue weighted by Crippen LogP contribution is 2.53. The number of hydrogen-bond donors (Lipinski definition) is 0.